The van der Waals surface area contributed by atoms with Gasteiger partial charge in [0.2, 0.25) is 5.24 Å². The second-order valence-corrected chi connectivity index (χ2v) is 1.62. The summed E-state index contributed by atoms with van der Waals surface area (Å²) >= 11 is 4.84. The molecule has 0 aliphatic heterocycles. The number of carbonyl (C=O) groups is 2. The van der Waals surface area contributed by atoms with E-state index in [1.165, 1.54) is 0 Å². The molecule has 0 rings (SSSR count). The lowest BCUT2D eigenvalue weighted by Gasteiger charge is -1.81. The van der Waals surface area contributed by atoms with Crippen LogP contribution < -0.4 is 0 Å². The van der Waals surface area contributed by atoms with Crippen molar-refractivity contribution in [2.75, 3.05) is 0 Å². The summed E-state index contributed by atoms with van der Waals surface area (Å²) < 4.78 is 0. The highest BCUT2D eigenvalue weighted by Gasteiger charge is 1.99. The minimum absolute atomic E-state index is 0.245. The third kappa shape index (κ3) is 3.56. The van der Waals surface area contributed by atoms with E-state index in [2.05, 4.69) is 6.58 Å². The predicted octanol–water partition coefficient (Wildman–Crippen LogP) is 0.897. The Labute approximate surface area is 52.1 Å². The van der Waals surface area contributed by atoms with E-state index in [-0.39, 0.29) is 12.2 Å². The molecule has 0 radical (unpaired) electrons. The van der Waals surface area contributed by atoms with Crippen molar-refractivity contribution in [2.45, 2.75) is 6.42 Å². The van der Waals surface area contributed by atoms with Gasteiger partial charge < -0.3 is 0 Å². The third-order valence-corrected chi connectivity index (χ3v) is 0.675. The Balaban J connectivity index is 3.55. The number of ketones is 1. The topological polar surface area (TPSA) is 34.1 Å². The zero-order chi connectivity index (χ0) is 6.57. The molecular weight excluding hydrogens is 128 g/mol. The highest BCUT2D eigenvalue weighted by molar-refractivity contribution is 6.65. The van der Waals surface area contributed by atoms with E-state index in [4.69, 9.17) is 11.6 Å². The van der Waals surface area contributed by atoms with Gasteiger partial charge in [-0.2, -0.15) is 0 Å². The van der Waals surface area contributed by atoms with Crippen molar-refractivity contribution in [2.24, 2.45) is 0 Å². The normalized spacial score (nSPS) is 8.12. The van der Waals surface area contributed by atoms with E-state index in [0.29, 0.717) is 0 Å². The Morgan fingerprint density at radius 2 is 2.12 bits per heavy atom. The summed E-state index contributed by atoms with van der Waals surface area (Å²) in [6.07, 6.45) is 0.825. The summed E-state index contributed by atoms with van der Waals surface area (Å²) in [5.74, 6) is -0.343. The molecule has 0 aromatic heterocycles. The maximum absolute atomic E-state index is 10.2. The molecule has 0 aliphatic carbocycles. The summed E-state index contributed by atoms with van der Waals surface area (Å²) in [6.45, 7) is 3.15. The maximum atomic E-state index is 10.2. The summed E-state index contributed by atoms with van der Waals surface area (Å²) in [7, 11) is 0. The van der Waals surface area contributed by atoms with Gasteiger partial charge in [0.25, 0.3) is 0 Å². The van der Waals surface area contributed by atoms with Gasteiger partial charge in [-0.05, 0) is 17.7 Å². The first-order valence-corrected chi connectivity index (χ1v) is 2.38. The molecule has 44 valence electrons. The van der Waals surface area contributed by atoms with Crippen LogP contribution in [0.4, 0.5) is 0 Å². The second kappa shape index (κ2) is 3.38. The van der Waals surface area contributed by atoms with Crippen LogP contribution in [-0.4, -0.2) is 11.0 Å². The average Bonchev–Trinajstić information content (AvgIpc) is 1.65. The maximum Gasteiger partial charge on any atom is 0.229 e. The quantitative estimate of drug-likeness (QED) is 0.325. The summed E-state index contributed by atoms with van der Waals surface area (Å²) in [6, 6.07) is 0. The molecule has 0 N–H and O–H groups in total. The Morgan fingerprint density at radius 3 is 2.25 bits per heavy atom. The molecular formula is C5H5ClO2. The first-order valence-electron chi connectivity index (χ1n) is 2.00. The summed E-state index contributed by atoms with van der Waals surface area (Å²) in [5, 5.41) is -0.644. The van der Waals surface area contributed by atoms with Crippen LogP contribution in [0, 0.1) is 0 Å². The zero-order valence-electron chi connectivity index (χ0n) is 4.19. The molecule has 0 heterocycles. The number of allylic oxidation sites excluding steroid dienone is 1. The molecule has 8 heavy (non-hydrogen) atoms. The first kappa shape index (κ1) is 7.37. The highest BCUT2D eigenvalue weighted by Crippen LogP contribution is 1.89. The fraction of sp³-hybridized carbons (Fsp3) is 0.200. The molecule has 0 atom stereocenters. The molecule has 0 saturated heterocycles. The zero-order valence-corrected chi connectivity index (χ0v) is 4.94. The van der Waals surface area contributed by atoms with E-state index in [0.717, 1.165) is 6.08 Å². The number of rotatable bonds is 3. The van der Waals surface area contributed by atoms with Crippen molar-refractivity contribution in [3.05, 3.63) is 12.7 Å². The molecule has 0 unspecified atom stereocenters. The minimum Gasteiger partial charge on any atom is -0.294 e. The molecule has 0 aliphatic rings. The van der Waals surface area contributed by atoms with Crippen molar-refractivity contribution in [3.8, 4) is 0 Å². The van der Waals surface area contributed by atoms with Crippen molar-refractivity contribution in [1.82, 2.24) is 0 Å². The van der Waals surface area contributed by atoms with Gasteiger partial charge in [0.15, 0.2) is 5.78 Å². The van der Waals surface area contributed by atoms with E-state index >= 15 is 0 Å². The Bertz CT molecular complexity index is 128. The highest BCUT2D eigenvalue weighted by atomic mass is 35.5. The van der Waals surface area contributed by atoms with Crippen molar-refractivity contribution in [1.29, 1.82) is 0 Å². The van der Waals surface area contributed by atoms with Gasteiger partial charge in [0.1, 0.15) is 0 Å². The van der Waals surface area contributed by atoms with Crippen LogP contribution in [0.3, 0.4) is 0 Å². The van der Waals surface area contributed by atoms with Gasteiger partial charge in [0, 0.05) is 0 Å². The van der Waals surface area contributed by atoms with Crippen molar-refractivity contribution >= 4 is 22.6 Å². The fourth-order valence-electron chi connectivity index (χ4n) is 0.209. The lowest BCUT2D eigenvalue weighted by atomic mass is 10.3. The van der Waals surface area contributed by atoms with E-state index < -0.39 is 5.24 Å². The number of carbonyl (C=O) groups excluding carboxylic acids is 2. The smallest absolute Gasteiger partial charge is 0.229 e. The van der Waals surface area contributed by atoms with Gasteiger partial charge >= 0.3 is 0 Å². The monoisotopic (exact) mass is 132 g/mol. The molecule has 0 aromatic rings. The van der Waals surface area contributed by atoms with Gasteiger partial charge in [0.05, 0.1) is 6.42 Å². The van der Waals surface area contributed by atoms with Crippen LogP contribution in [0.15, 0.2) is 12.7 Å². The Hall–Kier alpha value is -0.630. The van der Waals surface area contributed by atoms with Gasteiger partial charge in [-0.1, -0.05) is 6.58 Å². The van der Waals surface area contributed by atoms with Crippen LogP contribution in [-0.2, 0) is 9.59 Å². The Morgan fingerprint density at radius 1 is 1.62 bits per heavy atom. The fourth-order valence-corrected chi connectivity index (χ4v) is 0.341. The van der Waals surface area contributed by atoms with Crippen LogP contribution in [0.5, 0.6) is 0 Å². The molecule has 3 heteroatoms. The minimum atomic E-state index is -0.644. The largest absolute Gasteiger partial charge is 0.294 e. The lowest BCUT2D eigenvalue weighted by Crippen LogP contribution is -1.96. The summed E-state index contributed by atoms with van der Waals surface area (Å²) in [4.78, 5) is 20.1. The van der Waals surface area contributed by atoms with Gasteiger partial charge in [-0.3, -0.25) is 9.59 Å². The molecule has 0 fully saturated rings. The molecule has 2 nitrogen and oxygen atoms in total. The van der Waals surface area contributed by atoms with Gasteiger partial charge in [-0.15, -0.1) is 0 Å². The van der Waals surface area contributed by atoms with E-state index in [1.807, 2.05) is 0 Å². The first-order chi connectivity index (χ1) is 3.66. The second-order valence-electron chi connectivity index (χ2n) is 1.20. The standard InChI is InChI=1S/C5H5ClO2/c1-2-4(7)3-5(6)8/h2H,1,3H2. The van der Waals surface area contributed by atoms with Crippen LogP contribution >= 0.6 is 11.6 Å². The van der Waals surface area contributed by atoms with Gasteiger partial charge in [-0.25, -0.2) is 0 Å². The molecule has 0 aromatic carbocycles. The molecule has 0 amide bonds. The summed E-state index contributed by atoms with van der Waals surface area (Å²) in [5.41, 5.74) is 0. The van der Waals surface area contributed by atoms with Crippen LogP contribution in [0.25, 0.3) is 0 Å². The van der Waals surface area contributed by atoms with Crippen LogP contribution in [0.1, 0.15) is 6.42 Å². The third-order valence-electron chi connectivity index (χ3n) is 0.541. The average molecular weight is 133 g/mol. The molecule has 0 spiro atoms. The molecule has 0 bridgehead atoms. The molecule has 0 saturated carbocycles. The number of halogens is 1. The van der Waals surface area contributed by atoms with E-state index in [9.17, 15) is 9.59 Å². The van der Waals surface area contributed by atoms with Crippen LogP contribution in [0.2, 0.25) is 0 Å². The number of hydrogen-bond acceptors (Lipinski definition) is 2. The van der Waals surface area contributed by atoms with Crippen molar-refractivity contribution in [3.63, 3.8) is 0 Å². The SMILES string of the molecule is C=CC(=O)CC(=O)Cl. The van der Waals surface area contributed by atoms with E-state index in [1.54, 1.807) is 0 Å². The number of hydrogen-bond donors (Lipinski definition) is 0. The predicted molar refractivity (Wildman–Crippen MR) is 30.7 cm³/mol. The lowest BCUT2D eigenvalue weighted by molar-refractivity contribution is -0.120. The Kier molecular flexibility index (Phi) is 3.12. The van der Waals surface area contributed by atoms with Crippen molar-refractivity contribution < 1.29 is 9.59 Å².